The molecule has 2 aromatic rings. The van der Waals surface area contributed by atoms with Crippen LogP contribution in [0.15, 0.2) is 30.5 Å². The van der Waals surface area contributed by atoms with E-state index >= 15 is 0 Å². The van der Waals surface area contributed by atoms with Crippen LogP contribution in [0.25, 0.3) is 11.1 Å². The number of hydrogen-bond donors (Lipinski definition) is 1. The van der Waals surface area contributed by atoms with Crippen LogP contribution in [0.2, 0.25) is 0 Å². The van der Waals surface area contributed by atoms with Crippen molar-refractivity contribution in [3.8, 4) is 11.1 Å². The summed E-state index contributed by atoms with van der Waals surface area (Å²) in [5.74, 6) is -2.66. The molecule has 2 rings (SSSR count). The Bertz CT molecular complexity index is 700. The van der Waals surface area contributed by atoms with Crippen LogP contribution in [0.5, 0.6) is 0 Å². The van der Waals surface area contributed by atoms with E-state index in [1.165, 1.54) is 25.4 Å². The third kappa shape index (κ3) is 4.55. The maximum atomic E-state index is 14.1. The van der Waals surface area contributed by atoms with Gasteiger partial charge in [0.15, 0.2) is 0 Å². The number of esters is 1. The van der Waals surface area contributed by atoms with Crippen LogP contribution < -0.4 is 5.32 Å². The van der Waals surface area contributed by atoms with Crippen LogP contribution in [-0.2, 0) is 16.1 Å². The summed E-state index contributed by atoms with van der Waals surface area (Å²) in [5.41, 5.74) is -0.0148. The molecule has 0 spiro atoms. The normalized spacial score (nSPS) is 10.7. The predicted molar refractivity (Wildman–Crippen MR) is 82.5 cm³/mol. The molecule has 7 heteroatoms. The molecule has 4 nitrogen and oxygen atoms in total. The van der Waals surface area contributed by atoms with Crippen LogP contribution in [0.3, 0.4) is 0 Å². The van der Waals surface area contributed by atoms with Gasteiger partial charge in [0.1, 0.15) is 11.6 Å². The molecular weight excluding hydrogens is 321 g/mol. The second-order valence-electron chi connectivity index (χ2n) is 5.12. The average Bonchev–Trinajstić information content (AvgIpc) is 2.56. The lowest BCUT2D eigenvalue weighted by atomic mass is 10.0. The van der Waals surface area contributed by atoms with E-state index in [9.17, 15) is 18.0 Å². The molecule has 0 saturated heterocycles. The lowest BCUT2D eigenvalue weighted by molar-refractivity contribution is -0.140. The maximum absolute atomic E-state index is 14.1. The lowest BCUT2D eigenvalue weighted by Gasteiger charge is -2.10. The fourth-order valence-corrected chi connectivity index (χ4v) is 2.20. The summed E-state index contributed by atoms with van der Waals surface area (Å²) >= 11 is 0. The number of carbonyl (C=O) groups is 1. The highest BCUT2D eigenvalue weighted by Gasteiger charge is 2.14. The molecule has 0 saturated carbocycles. The highest BCUT2D eigenvalue weighted by atomic mass is 19.1. The molecule has 1 heterocycles. The molecule has 0 atom stereocenters. The monoisotopic (exact) mass is 338 g/mol. The van der Waals surface area contributed by atoms with Crippen molar-refractivity contribution in [2.75, 3.05) is 13.7 Å². The Balaban J connectivity index is 2.03. The number of aromatic nitrogens is 1. The zero-order valence-corrected chi connectivity index (χ0v) is 13.1. The van der Waals surface area contributed by atoms with Gasteiger partial charge in [0.25, 0.3) is 0 Å². The quantitative estimate of drug-likeness (QED) is 0.478. The molecule has 0 radical (unpaired) electrons. The summed E-state index contributed by atoms with van der Waals surface area (Å²) in [6.45, 7) is 0.377. The molecule has 1 N–H and O–H groups in total. The van der Waals surface area contributed by atoms with Crippen LogP contribution in [0, 0.1) is 17.6 Å². The summed E-state index contributed by atoms with van der Waals surface area (Å²) in [4.78, 5) is 14.4. The van der Waals surface area contributed by atoms with Crippen molar-refractivity contribution in [2.45, 2.75) is 19.4 Å². The zero-order chi connectivity index (χ0) is 17.5. The second kappa shape index (κ2) is 8.44. The highest BCUT2D eigenvalue weighted by molar-refractivity contribution is 5.69. The Hall–Kier alpha value is -2.41. The fourth-order valence-electron chi connectivity index (χ4n) is 2.20. The molecule has 0 aliphatic heterocycles. The Morgan fingerprint density at radius 1 is 1.25 bits per heavy atom. The van der Waals surface area contributed by atoms with Gasteiger partial charge in [-0.2, -0.15) is 4.39 Å². The first-order valence-electron chi connectivity index (χ1n) is 7.39. The van der Waals surface area contributed by atoms with Crippen LogP contribution in [0.4, 0.5) is 13.2 Å². The van der Waals surface area contributed by atoms with Crippen molar-refractivity contribution < 1.29 is 22.7 Å². The number of ether oxygens (including phenoxy) is 1. The van der Waals surface area contributed by atoms with Crippen molar-refractivity contribution >= 4 is 5.97 Å². The van der Waals surface area contributed by atoms with E-state index in [1.807, 2.05) is 0 Å². The van der Waals surface area contributed by atoms with Crippen molar-refractivity contribution in [1.82, 2.24) is 10.3 Å². The first kappa shape index (κ1) is 17.9. The Labute approximate surface area is 137 Å². The summed E-state index contributed by atoms with van der Waals surface area (Å²) < 4.78 is 46.4. The molecule has 0 bridgehead atoms. The van der Waals surface area contributed by atoms with Crippen molar-refractivity contribution in [1.29, 1.82) is 0 Å². The minimum absolute atomic E-state index is 0.0331. The van der Waals surface area contributed by atoms with Crippen molar-refractivity contribution in [3.63, 3.8) is 0 Å². The van der Waals surface area contributed by atoms with Crippen LogP contribution >= 0.6 is 0 Å². The van der Waals surface area contributed by atoms with E-state index in [1.54, 1.807) is 0 Å². The van der Waals surface area contributed by atoms with Gasteiger partial charge in [0.2, 0.25) is 5.95 Å². The SMILES string of the molecule is COC(=O)CCCNCc1c(F)cc(-c2cccnc2F)cc1F. The number of benzene rings is 1. The van der Waals surface area contributed by atoms with Crippen LogP contribution in [0.1, 0.15) is 18.4 Å². The van der Waals surface area contributed by atoms with E-state index in [0.717, 1.165) is 12.1 Å². The van der Waals surface area contributed by atoms with Gasteiger partial charge in [-0.05, 0) is 42.8 Å². The molecular formula is C17H17F3N2O2. The lowest BCUT2D eigenvalue weighted by Crippen LogP contribution is -2.18. The van der Waals surface area contributed by atoms with Crippen molar-refractivity contribution in [3.05, 3.63) is 53.6 Å². The number of hydrogen-bond acceptors (Lipinski definition) is 4. The van der Waals surface area contributed by atoms with Gasteiger partial charge in [-0.15, -0.1) is 0 Å². The van der Waals surface area contributed by atoms with Gasteiger partial charge >= 0.3 is 5.97 Å². The van der Waals surface area contributed by atoms with E-state index in [0.29, 0.717) is 13.0 Å². The maximum Gasteiger partial charge on any atom is 0.305 e. The third-order valence-electron chi connectivity index (χ3n) is 3.48. The molecule has 0 amide bonds. The van der Waals surface area contributed by atoms with Gasteiger partial charge in [0, 0.05) is 30.3 Å². The predicted octanol–water partition coefficient (Wildman–Crippen LogP) is 3.21. The number of methoxy groups -OCH3 is 1. The largest absolute Gasteiger partial charge is 0.469 e. The number of pyridine rings is 1. The molecule has 24 heavy (non-hydrogen) atoms. The summed E-state index contributed by atoms with van der Waals surface area (Å²) in [5, 5.41) is 2.86. The minimum Gasteiger partial charge on any atom is -0.469 e. The smallest absolute Gasteiger partial charge is 0.305 e. The first-order chi connectivity index (χ1) is 11.5. The standard InChI is InChI=1S/C17H17F3N2O2/c1-24-16(23)5-3-6-21-10-13-14(18)8-11(9-15(13)19)12-4-2-7-22-17(12)20/h2,4,7-9,21H,3,5-6,10H2,1H3. The zero-order valence-electron chi connectivity index (χ0n) is 13.1. The van der Waals surface area contributed by atoms with Gasteiger partial charge in [-0.3, -0.25) is 4.79 Å². The van der Waals surface area contributed by atoms with Crippen molar-refractivity contribution in [2.24, 2.45) is 0 Å². The number of carbonyl (C=O) groups excluding carboxylic acids is 1. The first-order valence-corrected chi connectivity index (χ1v) is 7.39. The molecule has 0 fully saturated rings. The molecule has 0 unspecified atom stereocenters. The number of halogens is 3. The second-order valence-corrected chi connectivity index (χ2v) is 5.12. The van der Waals surface area contributed by atoms with E-state index < -0.39 is 17.6 Å². The third-order valence-corrected chi connectivity index (χ3v) is 3.48. The topological polar surface area (TPSA) is 51.2 Å². The molecule has 1 aromatic heterocycles. The highest BCUT2D eigenvalue weighted by Crippen LogP contribution is 2.25. The van der Waals surface area contributed by atoms with Gasteiger partial charge in [0.05, 0.1) is 7.11 Å². The molecule has 1 aromatic carbocycles. The molecule has 0 aliphatic carbocycles. The Morgan fingerprint density at radius 3 is 2.58 bits per heavy atom. The summed E-state index contributed by atoms with van der Waals surface area (Å²) in [6, 6.07) is 5.05. The van der Waals surface area contributed by atoms with Gasteiger partial charge in [-0.25, -0.2) is 13.8 Å². The van der Waals surface area contributed by atoms with E-state index in [2.05, 4.69) is 15.0 Å². The molecule has 0 aliphatic rings. The number of nitrogens with zero attached hydrogens (tertiary/aromatic N) is 1. The fraction of sp³-hybridized carbons (Fsp3) is 0.294. The number of rotatable bonds is 7. The Kier molecular flexibility index (Phi) is 6.31. The minimum atomic E-state index is -0.787. The average molecular weight is 338 g/mol. The van der Waals surface area contributed by atoms with E-state index in [4.69, 9.17) is 0 Å². The van der Waals surface area contributed by atoms with Crippen LogP contribution in [-0.4, -0.2) is 24.6 Å². The van der Waals surface area contributed by atoms with Gasteiger partial charge < -0.3 is 10.1 Å². The number of nitrogens with one attached hydrogen (secondary N) is 1. The molecule has 128 valence electrons. The summed E-state index contributed by atoms with van der Waals surface area (Å²) in [6.07, 6.45) is 1.99. The Morgan fingerprint density at radius 2 is 1.96 bits per heavy atom. The summed E-state index contributed by atoms with van der Waals surface area (Å²) in [7, 11) is 1.30. The van der Waals surface area contributed by atoms with E-state index in [-0.39, 0.29) is 35.6 Å². The van der Waals surface area contributed by atoms with Gasteiger partial charge in [-0.1, -0.05) is 0 Å².